The number of unbranched alkanes of at least 4 members (excludes halogenated alkanes) is 16. The third-order valence-electron chi connectivity index (χ3n) is 4.29. The van der Waals surface area contributed by atoms with Gasteiger partial charge in [-0.3, -0.25) is 0 Å². The molecule has 0 aliphatic heterocycles. The molecule has 2 heteroatoms. The maximum absolute atomic E-state index is 5.67. The fraction of sp³-hybridized carbons (Fsp3) is 1.00. The van der Waals surface area contributed by atoms with Gasteiger partial charge in [-0.25, -0.2) is 0 Å². The summed E-state index contributed by atoms with van der Waals surface area (Å²) < 4.78 is 0. The molecular weight excluding hydrogens is 296 g/mol. The van der Waals surface area contributed by atoms with Crippen molar-refractivity contribution in [2.45, 2.75) is 109 Å². The second kappa shape index (κ2) is 20.6. The molecule has 0 radical (unpaired) electrons. The maximum Gasteiger partial charge on any atom is 0.0223 e. The van der Waals surface area contributed by atoms with E-state index in [9.17, 15) is 0 Å². The quantitative estimate of drug-likeness (QED) is 0.147. The van der Waals surface area contributed by atoms with Crippen LogP contribution >= 0.6 is 24.2 Å². The highest BCUT2D eigenvalue weighted by atomic mass is 35.5. The van der Waals surface area contributed by atoms with Crippen LogP contribution in [0.15, 0.2) is 0 Å². The van der Waals surface area contributed by atoms with Crippen molar-refractivity contribution in [3.63, 3.8) is 0 Å². The van der Waals surface area contributed by atoms with E-state index < -0.39 is 0 Å². The Kier molecular flexibility index (Phi) is 21.3. The minimum absolute atomic E-state index is 0.843. The lowest BCUT2D eigenvalue weighted by Crippen LogP contribution is -1.84. The fourth-order valence-corrected chi connectivity index (χ4v) is 3.27. The minimum Gasteiger partial charge on any atom is -0.179 e. The van der Waals surface area contributed by atoms with E-state index in [0.717, 1.165) is 11.6 Å². The zero-order valence-electron chi connectivity index (χ0n) is 14.3. The van der Waals surface area contributed by atoms with Crippen molar-refractivity contribution in [3.05, 3.63) is 0 Å². The van der Waals surface area contributed by atoms with E-state index in [0.29, 0.717) is 0 Å². The lowest BCUT2D eigenvalue weighted by atomic mass is 10.0. The summed E-state index contributed by atoms with van der Waals surface area (Å²) >= 11 is 9.92. The highest BCUT2D eigenvalue weighted by Crippen LogP contribution is 2.14. The van der Waals surface area contributed by atoms with E-state index in [2.05, 4.69) is 12.6 Å². The number of thiol groups is 1. The number of alkyl halides is 1. The third kappa shape index (κ3) is 20.6. The molecule has 0 aromatic heterocycles. The predicted octanol–water partition coefficient (Wildman–Crippen LogP) is 7.79. The summed E-state index contributed by atoms with van der Waals surface area (Å²) in [7, 11) is 0. The highest BCUT2D eigenvalue weighted by molar-refractivity contribution is 7.80. The molecule has 21 heavy (non-hydrogen) atoms. The second-order valence-electron chi connectivity index (χ2n) is 6.42. The summed E-state index contributed by atoms with van der Waals surface area (Å²) in [5, 5.41) is 0. The van der Waals surface area contributed by atoms with Crippen LogP contribution in [0, 0.1) is 0 Å². The Balaban J connectivity index is 2.90. The largest absolute Gasteiger partial charge is 0.179 e. The average Bonchev–Trinajstić information content (AvgIpc) is 2.50. The monoisotopic (exact) mass is 334 g/mol. The highest BCUT2D eigenvalue weighted by Gasteiger charge is 1.94. The van der Waals surface area contributed by atoms with E-state index in [1.165, 1.54) is 109 Å². The zero-order chi connectivity index (χ0) is 15.4. The molecule has 0 saturated carbocycles. The van der Waals surface area contributed by atoms with Crippen molar-refractivity contribution in [2.75, 3.05) is 11.6 Å². The van der Waals surface area contributed by atoms with Gasteiger partial charge in [0.1, 0.15) is 0 Å². The molecule has 0 fully saturated rings. The van der Waals surface area contributed by atoms with Gasteiger partial charge in [0.25, 0.3) is 0 Å². The smallest absolute Gasteiger partial charge is 0.0223 e. The van der Waals surface area contributed by atoms with Crippen molar-refractivity contribution >= 4 is 24.2 Å². The van der Waals surface area contributed by atoms with Crippen molar-refractivity contribution < 1.29 is 0 Å². The summed E-state index contributed by atoms with van der Waals surface area (Å²) in [5.74, 6) is 1.91. The Morgan fingerprint density at radius 3 is 0.857 bits per heavy atom. The molecule has 0 amide bonds. The average molecular weight is 335 g/mol. The van der Waals surface area contributed by atoms with E-state index >= 15 is 0 Å². The van der Waals surface area contributed by atoms with Gasteiger partial charge in [-0.2, -0.15) is 12.6 Å². The first kappa shape index (κ1) is 21.6. The Bertz CT molecular complexity index is 155. The van der Waals surface area contributed by atoms with Crippen molar-refractivity contribution in [2.24, 2.45) is 0 Å². The predicted molar refractivity (Wildman–Crippen MR) is 103 cm³/mol. The maximum atomic E-state index is 5.67. The van der Waals surface area contributed by atoms with Crippen LogP contribution in [0.2, 0.25) is 0 Å². The Labute approximate surface area is 145 Å². The van der Waals surface area contributed by atoms with Crippen LogP contribution < -0.4 is 0 Å². The molecule has 0 spiro atoms. The lowest BCUT2D eigenvalue weighted by molar-refractivity contribution is 0.529. The number of halogens is 1. The summed E-state index contributed by atoms with van der Waals surface area (Å²) in [6.07, 6.45) is 24.0. The Morgan fingerprint density at radius 1 is 0.381 bits per heavy atom. The van der Waals surface area contributed by atoms with Crippen LogP contribution in [0.1, 0.15) is 109 Å². The summed E-state index contributed by atoms with van der Waals surface area (Å²) in [6.45, 7) is 0. The van der Waals surface area contributed by atoms with Crippen LogP contribution in [0.3, 0.4) is 0 Å². The van der Waals surface area contributed by atoms with Crippen molar-refractivity contribution in [1.29, 1.82) is 0 Å². The molecule has 0 nitrogen and oxygen atoms in total. The molecule has 128 valence electrons. The molecular formula is C19H39ClS. The first-order valence-electron chi connectivity index (χ1n) is 9.58. The molecule has 0 aromatic rings. The second-order valence-corrected chi connectivity index (χ2v) is 7.25. The van der Waals surface area contributed by atoms with Gasteiger partial charge in [-0.1, -0.05) is 96.3 Å². The Hall–Kier alpha value is 0.640. The van der Waals surface area contributed by atoms with E-state index in [-0.39, 0.29) is 0 Å². The molecule has 0 aliphatic rings. The topological polar surface area (TPSA) is 0 Å². The van der Waals surface area contributed by atoms with E-state index in [1.807, 2.05) is 0 Å². The van der Waals surface area contributed by atoms with Gasteiger partial charge in [0.05, 0.1) is 0 Å². The van der Waals surface area contributed by atoms with E-state index in [1.54, 1.807) is 0 Å². The van der Waals surface area contributed by atoms with Gasteiger partial charge in [0, 0.05) is 5.88 Å². The van der Waals surface area contributed by atoms with Crippen LogP contribution in [0.25, 0.3) is 0 Å². The van der Waals surface area contributed by atoms with Crippen LogP contribution in [0.5, 0.6) is 0 Å². The van der Waals surface area contributed by atoms with Gasteiger partial charge in [0.2, 0.25) is 0 Å². The molecule has 0 rings (SSSR count). The van der Waals surface area contributed by atoms with Crippen LogP contribution in [-0.4, -0.2) is 11.6 Å². The zero-order valence-corrected chi connectivity index (χ0v) is 15.9. The molecule has 0 bridgehead atoms. The van der Waals surface area contributed by atoms with Crippen LogP contribution in [-0.2, 0) is 0 Å². The van der Waals surface area contributed by atoms with Crippen molar-refractivity contribution in [1.82, 2.24) is 0 Å². The molecule has 0 N–H and O–H groups in total. The Morgan fingerprint density at radius 2 is 0.619 bits per heavy atom. The number of rotatable bonds is 18. The van der Waals surface area contributed by atoms with Gasteiger partial charge in [-0.15, -0.1) is 11.6 Å². The normalized spacial score (nSPS) is 11.1. The van der Waals surface area contributed by atoms with Gasteiger partial charge >= 0.3 is 0 Å². The summed E-state index contributed by atoms with van der Waals surface area (Å²) in [6, 6.07) is 0. The van der Waals surface area contributed by atoms with Gasteiger partial charge < -0.3 is 0 Å². The minimum atomic E-state index is 0.843. The molecule has 0 heterocycles. The summed E-state index contributed by atoms with van der Waals surface area (Å²) in [4.78, 5) is 0. The standard InChI is InChI=1S/C19H39ClS/c20-18-16-14-12-10-8-6-4-2-1-3-5-7-9-11-13-15-17-19-21/h21H,1-19H2. The third-order valence-corrected chi connectivity index (χ3v) is 4.88. The van der Waals surface area contributed by atoms with E-state index in [4.69, 9.17) is 11.6 Å². The number of hydrogen-bond donors (Lipinski definition) is 1. The first-order valence-corrected chi connectivity index (χ1v) is 10.8. The molecule has 0 atom stereocenters. The number of hydrogen-bond acceptors (Lipinski definition) is 1. The van der Waals surface area contributed by atoms with Gasteiger partial charge in [0.15, 0.2) is 0 Å². The van der Waals surface area contributed by atoms with Crippen LogP contribution in [0.4, 0.5) is 0 Å². The molecule has 0 aliphatic carbocycles. The molecule has 0 unspecified atom stereocenters. The first-order chi connectivity index (χ1) is 10.4. The van der Waals surface area contributed by atoms with Gasteiger partial charge in [-0.05, 0) is 18.6 Å². The molecule has 0 saturated heterocycles. The summed E-state index contributed by atoms with van der Waals surface area (Å²) in [5.41, 5.74) is 0. The molecule has 0 aromatic carbocycles. The fourth-order valence-electron chi connectivity index (χ4n) is 2.86. The lowest BCUT2D eigenvalue weighted by Gasteiger charge is -2.03. The SMILES string of the molecule is SCCCCCCCCCCCCCCCCCCCCl. The van der Waals surface area contributed by atoms with Crippen molar-refractivity contribution in [3.8, 4) is 0 Å².